The predicted octanol–water partition coefficient (Wildman–Crippen LogP) is 14.3. The number of aromatic nitrogens is 1. The molecule has 0 unspecified atom stereocenters. The Morgan fingerprint density at radius 1 is 0.345 bits per heavy atom. The van der Waals surface area contributed by atoms with Gasteiger partial charge in [-0.2, -0.15) is 0 Å². The average Bonchev–Trinajstić information content (AvgIpc) is 4.02. The number of rotatable bonds is 5. The average molecular weight is 709 g/mol. The number of furan rings is 3. The third-order valence-electron chi connectivity index (χ3n) is 10.7. The summed E-state index contributed by atoms with van der Waals surface area (Å²) < 4.78 is 25.9. The van der Waals surface area contributed by atoms with E-state index in [-0.39, 0.29) is 0 Å². The predicted molar refractivity (Wildman–Crippen MR) is 221 cm³/mol. The van der Waals surface area contributed by atoms with Crippen molar-refractivity contribution in [2.24, 2.45) is 0 Å². The van der Waals surface area contributed by atoms with Gasteiger partial charge in [0, 0.05) is 67.1 Å². The summed E-state index contributed by atoms with van der Waals surface area (Å²) in [4.78, 5) is 7.22. The summed E-state index contributed by atoms with van der Waals surface area (Å²) in [6.45, 7) is 0. The lowest BCUT2D eigenvalue weighted by atomic mass is 10.00. The number of anilines is 3. The van der Waals surface area contributed by atoms with E-state index in [4.69, 9.17) is 22.7 Å². The second kappa shape index (κ2) is 11.5. The Morgan fingerprint density at radius 3 is 1.47 bits per heavy atom. The standard InChI is InChI=1S/C49H28N2O4/c1-2-10-30(11-3-1)49-50-40-28-39-36-14-6-9-17-43(36)54-47(39)46(48(40)55-49)29-18-20-31(21-19-29)51(32-22-24-37-34-12-4-7-15-41(34)52-44(37)26-32)33-23-25-38-35-13-5-8-16-42(35)53-45(38)27-33/h1-28H. The summed E-state index contributed by atoms with van der Waals surface area (Å²) in [5, 5.41) is 6.37. The van der Waals surface area contributed by atoms with E-state index in [2.05, 4.69) is 89.8 Å². The van der Waals surface area contributed by atoms with Crippen LogP contribution in [0.1, 0.15) is 0 Å². The molecule has 258 valence electrons. The number of benzene rings is 8. The van der Waals surface area contributed by atoms with Crippen LogP contribution in [0.25, 0.3) is 99.5 Å². The number of oxazole rings is 1. The second-order valence-corrected chi connectivity index (χ2v) is 13.9. The number of hydrogen-bond donors (Lipinski definition) is 0. The number of para-hydroxylation sites is 3. The number of fused-ring (bicyclic) bond motifs is 10. The molecule has 55 heavy (non-hydrogen) atoms. The van der Waals surface area contributed by atoms with E-state index < -0.39 is 0 Å². The van der Waals surface area contributed by atoms with Crippen LogP contribution < -0.4 is 4.90 Å². The molecule has 0 atom stereocenters. The van der Waals surface area contributed by atoms with E-state index in [1.54, 1.807) is 0 Å². The molecule has 0 saturated heterocycles. The van der Waals surface area contributed by atoms with E-state index in [0.717, 1.165) is 105 Å². The summed E-state index contributed by atoms with van der Waals surface area (Å²) >= 11 is 0. The minimum absolute atomic E-state index is 0.568. The van der Waals surface area contributed by atoms with Gasteiger partial charge in [0.15, 0.2) is 5.58 Å². The van der Waals surface area contributed by atoms with Gasteiger partial charge >= 0.3 is 0 Å². The Hall–Kier alpha value is -7.57. The molecular weight excluding hydrogens is 681 g/mol. The van der Waals surface area contributed by atoms with E-state index >= 15 is 0 Å². The largest absolute Gasteiger partial charge is 0.456 e. The Morgan fingerprint density at radius 2 is 0.855 bits per heavy atom. The van der Waals surface area contributed by atoms with Crippen LogP contribution in [0.2, 0.25) is 0 Å². The lowest BCUT2D eigenvalue weighted by Gasteiger charge is -2.25. The van der Waals surface area contributed by atoms with Crippen molar-refractivity contribution in [1.82, 2.24) is 4.98 Å². The molecular formula is C49H28N2O4. The summed E-state index contributed by atoms with van der Waals surface area (Å²) in [5.41, 5.74) is 12.0. The van der Waals surface area contributed by atoms with E-state index in [0.29, 0.717) is 11.5 Å². The molecule has 0 spiro atoms. The maximum absolute atomic E-state index is 6.59. The maximum atomic E-state index is 6.59. The van der Waals surface area contributed by atoms with Gasteiger partial charge in [0.2, 0.25) is 5.89 Å². The van der Waals surface area contributed by atoms with Crippen molar-refractivity contribution in [3.63, 3.8) is 0 Å². The van der Waals surface area contributed by atoms with Gasteiger partial charge in [0.25, 0.3) is 0 Å². The molecule has 0 saturated carbocycles. The SMILES string of the molecule is c1ccc(-c2nc3cc4c(oc5ccccc54)c(-c4ccc(N(c5ccc6c(c5)oc5ccccc56)c5ccc6c(c5)oc5ccccc56)cc4)c3o2)cc1. The molecule has 0 aliphatic heterocycles. The zero-order chi connectivity index (χ0) is 36.0. The normalized spacial score (nSPS) is 12.0. The van der Waals surface area contributed by atoms with Crippen LogP contribution in [-0.4, -0.2) is 4.98 Å². The van der Waals surface area contributed by atoms with Crippen molar-refractivity contribution < 1.29 is 17.7 Å². The zero-order valence-corrected chi connectivity index (χ0v) is 29.2. The van der Waals surface area contributed by atoms with Crippen molar-refractivity contribution in [3.05, 3.63) is 170 Å². The van der Waals surface area contributed by atoms with Crippen LogP contribution in [0, 0.1) is 0 Å². The Labute approximate surface area is 313 Å². The zero-order valence-electron chi connectivity index (χ0n) is 29.2. The molecule has 0 N–H and O–H groups in total. The summed E-state index contributed by atoms with van der Waals surface area (Å²) in [6.07, 6.45) is 0. The van der Waals surface area contributed by atoms with Crippen molar-refractivity contribution in [2.75, 3.05) is 4.90 Å². The molecule has 4 aromatic heterocycles. The van der Waals surface area contributed by atoms with Crippen LogP contribution in [0.15, 0.2) is 188 Å². The summed E-state index contributed by atoms with van der Waals surface area (Å²) in [5.74, 6) is 0.568. The number of nitrogens with zero attached hydrogens (tertiary/aromatic N) is 2. The minimum atomic E-state index is 0.568. The van der Waals surface area contributed by atoms with Gasteiger partial charge in [0.1, 0.15) is 39.0 Å². The van der Waals surface area contributed by atoms with Crippen molar-refractivity contribution >= 4 is 94.0 Å². The lowest BCUT2D eigenvalue weighted by molar-refractivity contribution is 0.619. The second-order valence-electron chi connectivity index (χ2n) is 13.9. The molecule has 12 aromatic rings. The van der Waals surface area contributed by atoms with Crippen LogP contribution in [0.4, 0.5) is 17.1 Å². The van der Waals surface area contributed by atoms with Gasteiger partial charge < -0.3 is 22.6 Å². The first-order valence-corrected chi connectivity index (χ1v) is 18.3. The molecule has 0 aliphatic carbocycles. The third kappa shape index (κ3) is 4.58. The van der Waals surface area contributed by atoms with E-state index in [9.17, 15) is 0 Å². The van der Waals surface area contributed by atoms with Crippen molar-refractivity contribution in [1.29, 1.82) is 0 Å². The molecule has 6 nitrogen and oxygen atoms in total. The molecule has 0 radical (unpaired) electrons. The van der Waals surface area contributed by atoms with Gasteiger partial charge in [-0.3, -0.25) is 0 Å². The molecule has 0 aliphatic rings. The first-order chi connectivity index (χ1) is 27.2. The lowest BCUT2D eigenvalue weighted by Crippen LogP contribution is -2.09. The third-order valence-corrected chi connectivity index (χ3v) is 10.7. The summed E-state index contributed by atoms with van der Waals surface area (Å²) in [6, 6.07) is 57.9. The molecule has 6 heteroatoms. The Kier molecular flexibility index (Phi) is 6.24. The van der Waals surface area contributed by atoms with Crippen molar-refractivity contribution in [3.8, 4) is 22.6 Å². The summed E-state index contributed by atoms with van der Waals surface area (Å²) in [7, 11) is 0. The van der Waals surface area contributed by atoms with Gasteiger partial charge in [-0.15, -0.1) is 0 Å². The Balaban J connectivity index is 1.05. The minimum Gasteiger partial charge on any atom is -0.456 e. The van der Waals surface area contributed by atoms with E-state index in [1.807, 2.05) is 84.9 Å². The first kappa shape index (κ1) is 29.9. The molecule has 0 amide bonds. The van der Waals surface area contributed by atoms with Gasteiger partial charge in [-0.25, -0.2) is 4.98 Å². The monoisotopic (exact) mass is 708 g/mol. The van der Waals surface area contributed by atoms with Crippen molar-refractivity contribution in [2.45, 2.75) is 0 Å². The van der Waals surface area contributed by atoms with Crippen LogP contribution >= 0.6 is 0 Å². The Bertz CT molecular complexity index is 3330. The fraction of sp³-hybridized carbons (Fsp3) is 0. The van der Waals surface area contributed by atoms with Gasteiger partial charge in [0.05, 0.1) is 5.56 Å². The fourth-order valence-electron chi connectivity index (χ4n) is 8.14. The number of hydrogen-bond acceptors (Lipinski definition) is 6. The molecule has 12 rings (SSSR count). The van der Waals surface area contributed by atoms with Crippen LogP contribution in [0.3, 0.4) is 0 Å². The molecule has 4 heterocycles. The quantitative estimate of drug-likeness (QED) is 0.177. The smallest absolute Gasteiger partial charge is 0.227 e. The maximum Gasteiger partial charge on any atom is 0.227 e. The van der Waals surface area contributed by atoms with Gasteiger partial charge in [-0.05, 0) is 78.4 Å². The molecule has 0 bridgehead atoms. The highest BCUT2D eigenvalue weighted by atomic mass is 16.4. The topological polar surface area (TPSA) is 68.7 Å². The molecule has 0 fully saturated rings. The first-order valence-electron chi connectivity index (χ1n) is 18.3. The highest BCUT2D eigenvalue weighted by molar-refractivity contribution is 6.17. The highest BCUT2D eigenvalue weighted by Crippen LogP contribution is 2.45. The van der Waals surface area contributed by atoms with E-state index in [1.165, 1.54) is 0 Å². The molecule has 8 aromatic carbocycles. The van der Waals surface area contributed by atoms with Crippen LogP contribution in [-0.2, 0) is 0 Å². The van der Waals surface area contributed by atoms with Crippen LogP contribution in [0.5, 0.6) is 0 Å². The highest BCUT2D eigenvalue weighted by Gasteiger charge is 2.23. The van der Waals surface area contributed by atoms with Gasteiger partial charge in [-0.1, -0.05) is 84.9 Å². The fourth-order valence-corrected chi connectivity index (χ4v) is 8.14.